The zero-order valence-corrected chi connectivity index (χ0v) is 10.5. The van der Waals surface area contributed by atoms with Gasteiger partial charge < -0.3 is 4.90 Å². The molecule has 90 valence electrons. The molecule has 0 amide bonds. The van der Waals surface area contributed by atoms with Crippen LogP contribution in [0.5, 0.6) is 0 Å². The zero-order valence-electron chi connectivity index (χ0n) is 10.5. The molecule has 18 heavy (non-hydrogen) atoms. The first-order valence-electron chi connectivity index (χ1n) is 5.68. The number of rotatable bonds is 3. The van der Waals surface area contributed by atoms with E-state index in [1.807, 2.05) is 37.2 Å². The van der Waals surface area contributed by atoms with Crippen LogP contribution in [0.25, 0.3) is 0 Å². The van der Waals surface area contributed by atoms with E-state index < -0.39 is 0 Å². The van der Waals surface area contributed by atoms with Crippen LogP contribution >= 0.6 is 0 Å². The molecule has 2 aromatic heterocycles. The van der Waals surface area contributed by atoms with Gasteiger partial charge in [-0.3, -0.25) is 4.98 Å². The van der Waals surface area contributed by atoms with Gasteiger partial charge in [-0.25, -0.2) is 4.98 Å². The molecule has 2 heterocycles. The molecule has 0 aliphatic rings. The topological polar surface area (TPSA) is 52.8 Å². The van der Waals surface area contributed by atoms with E-state index in [0.717, 1.165) is 23.6 Å². The number of nitriles is 1. The highest BCUT2D eigenvalue weighted by Crippen LogP contribution is 2.15. The summed E-state index contributed by atoms with van der Waals surface area (Å²) in [6, 6.07) is 9.65. The van der Waals surface area contributed by atoms with Crippen molar-refractivity contribution in [3.8, 4) is 6.07 Å². The first kappa shape index (κ1) is 12.1. The molecule has 0 radical (unpaired) electrons. The predicted octanol–water partition coefficient (Wildman–Crippen LogP) is 2.29. The van der Waals surface area contributed by atoms with E-state index in [1.165, 1.54) is 0 Å². The van der Waals surface area contributed by atoms with Gasteiger partial charge in [0.1, 0.15) is 5.82 Å². The van der Waals surface area contributed by atoms with Crippen LogP contribution in [-0.2, 0) is 6.54 Å². The molecule has 0 atom stereocenters. The van der Waals surface area contributed by atoms with Crippen LogP contribution in [0.1, 0.15) is 16.8 Å². The Bertz CT molecular complexity index is 572. The van der Waals surface area contributed by atoms with E-state index in [2.05, 4.69) is 16.0 Å². The van der Waals surface area contributed by atoms with Crippen LogP contribution in [0.3, 0.4) is 0 Å². The molecule has 0 aliphatic heterocycles. The standard InChI is InChI=1S/C14H14N4/c1-11-6-13(8-15)7-14(17-11)18(2)10-12-4-3-5-16-9-12/h3-7,9H,10H2,1-2H3. The summed E-state index contributed by atoms with van der Waals surface area (Å²) in [6.45, 7) is 2.61. The van der Waals surface area contributed by atoms with Crippen LogP contribution < -0.4 is 4.90 Å². The molecule has 0 unspecified atom stereocenters. The highest BCUT2D eigenvalue weighted by atomic mass is 15.2. The molecule has 0 saturated carbocycles. The van der Waals surface area contributed by atoms with E-state index in [1.54, 1.807) is 18.3 Å². The number of hydrogen-bond acceptors (Lipinski definition) is 4. The van der Waals surface area contributed by atoms with E-state index >= 15 is 0 Å². The Morgan fingerprint density at radius 2 is 2.22 bits per heavy atom. The largest absolute Gasteiger partial charge is 0.355 e. The monoisotopic (exact) mass is 238 g/mol. The van der Waals surface area contributed by atoms with Crippen molar-refractivity contribution >= 4 is 5.82 Å². The fourth-order valence-electron chi connectivity index (χ4n) is 1.76. The maximum absolute atomic E-state index is 8.95. The number of anilines is 1. The van der Waals surface area contributed by atoms with Gasteiger partial charge in [-0.15, -0.1) is 0 Å². The van der Waals surface area contributed by atoms with E-state index in [-0.39, 0.29) is 0 Å². The molecule has 0 spiro atoms. The van der Waals surface area contributed by atoms with Crippen LogP contribution in [0.4, 0.5) is 5.82 Å². The number of hydrogen-bond donors (Lipinski definition) is 0. The number of aryl methyl sites for hydroxylation is 1. The fourth-order valence-corrected chi connectivity index (χ4v) is 1.76. The Hall–Kier alpha value is -2.41. The summed E-state index contributed by atoms with van der Waals surface area (Å²) in [6.07, 6.45) is 3.58. The van der Waals surface area contributed by atoms with Gasteiger partial charge in [0.2, 0.25) is 0 Å². The van der Waals surface area contributed by atoms with E-state index in [4.69, 9.17) is 5.26 Å². The van der Waals surface area contributed by atoms with Crippen LogP contribution in [0.2, 0.25) is 0 Å². The molecule has 0 N–H and O–H groups in total. The lowest BCUT2D eigenvalue weighted by atomic mass is 10.2. The van der Waals surface area contributed by atoms with Crippen molar-refractivity contribution in [1.82, 2.24) is 9.97 Å². The lowest BCUT2D eigenvalue weighted by Crippen LogP contribution is -2.18. The van der Waals surface area contributed by atoms with Gasteiger partial charge >= 0.3 is 0 Å². The molecule has 2 rings (SSSR count). The van der Waals surface area contributed by atoms with Crippen molar-refractivity contribution in [2.75, 3.05) is 11.9 Å². The smallest absolute Gasteiger partial charge is 0.130 e. The Labute approximate surface area is 107 Å². The quantitative estimate of drug-likeness (QED) is 0.823. The summed E-state index contributed by atoms with van der Waals surface area (Å²) in [5.41, 5.74) is 2.60. The highest BCUT2D eigenvalue weighted by molar-refractivity contribution is 5.46. The summed E-state index contributed by atoms with van der Waals surface area (Å²) >= 11 is 0. The maximum Gasteiger partial charge on any atom is 0.130 e. The average molecular weight is 238 g/mol. The van der Waals surface area contributed by atoms with Gasteiger partial charge in [0.05, 0.1) is 11.6 Å². The summed E-state index contributed by atoms with van der Waals surface area (Å²) in [5, 5.41) is 8.95. The minimum atomic E-state index is 0.635. The van der Waals surface area contributed by atoms with Crippen molar-refractivity contribution in [2.24, 2.45) is 0 Å². The Balaban J connectivity index is 2.21. The predicted molar refractivity (Wildman–Crippen MR) is 70.0 cm³/mol. The van der Waals surface area contributed by atoms with Crippen molar-refractivity contribution < 1.29 is 0 Å². The molecule has 0 bridgehead atoms. The van der Waals surface area contributed by atoms with E-state index in [0.29, 0.717) is 5.56 Å². The van der Waals surface area contributed by atoms with Crippen molar-refractivity contribution in [3.63, 3.8) is 0 Å². The maximum atomic E-state index is 8.95. The molecule has 0 aliphatic carbocycles. The van der Waals surface area contributed by atoms with E-state index in [9.17, 15) is 0 Å². The number of pyridine rings is 2. The molecule has 0 aromatic carbocycles. The van der Waals surface area contributed by atoms with Crippen LogP contribution in [0, 0.1) is 18.3 Å². The minimum absolute atomic E-state index is 0.635. The normalized spacial score (nSPS) is 9.83. The second-order valence-electron chi connectivity index (χ2n) is 4.18. The van der Waals surface area contributed by atoms with Crippen molar-refractivity contribution in [2.45, 2.75) is 13.5 Å². The molecule has 0 fully saturated rings. The number of aromatic nitrogens is 2. The third kappa shape index (κ3) is 2.83. The fraction of sp³-hybridized carbons (Fsp3) is 0.214. The first-order chi connectivity index (χ1) is 8.69. The molecule has 4 nitrogen and oxygen atoms in total. The summed E-state index contributed by atoms with van der Waals surface area (Å²) in [4.78, 5) is 10.5. The highest BCUT2D eigenvalue weighted by Gasteiger charge is 2.06. The SMILES string of the molecule is Cc1cc(C#N)cc(N(C)Cc2cccnc2)n1. The molecule has 2 aromatic rings. The van der Waals surface area contributed by atoms with Gasteiger partial charge in [-0.05, 0) is 30.7 Å². The van der Waals surface area contributed by atoms with Gasteiger partial charge in [0, 0.05) is 31.7 Å². The van der Waals surface area contributed by atoms with Crippen molar-refractivity contribution in [3.05, 3.63) is 53.5 Å². The molecular formula is C14H14N4. The summed E-state index contributed by atoms with van der Waals surface area (Å²) in [7, 11) is 1.95. The van der Waals surface area contributed by atoms with Gasteiger partial charge in [-0.1, -0.05) is 6.07 Å². The van der Waals surface area contributed by atoms with Crippen LogP contribution in [0.15, 0.2) is 36.7 Å². The lowest BCUT2D eigenvalue weighted by molar-refractivity contribution is 0.886. The second kappa shape index (κ2) is 5.28. The Morgan fingerprint density at radius 3 is 2.89 bits per heavy atom. The van der Waals surface area contributed by atoms with Gasteiger partial charge in [0.25, 0.3) is 0 Å². The second-order valence-corrected chi connectivity index (χ2v) is 4.18. The third-order valence-electron chi connectivity index (χ3n) is 2.60. The third-order valence-corrected chi connectivity index (χ3v) is 2.60. The first-order valence-corrected chi connectivity index (χ1v) is 5.68. The summed E-state index contributed by atoms with van der Waals surface area (Å²) < 4.78 is 0. The zero-order chi connectivity index (χ0) is 13.0. The van der Waals surface area contributed by atoms with Crippen molar-refractivity contribution in [1.29, 1.82) is 5.26 Å². The Kier molecular flexibility index (Phi) is 3.54. The summed E-state index contributed by atoms with van der Waals surface area (Å²) in [5.74, 6) is 0.801. The molecular weight excluding hydrogens is 224 g/mol. The minimum Gasteiger partial charge on any atom is -0.355 e. The van der Waals surface area contributed by atoms with Gasteiger partial charge in [0.15, 0.2) is 0 Å². The molecule has 4 heteroatoms. The molecule has 0 saturated heterocycles. The lowest BCUT2D eigenvalue weighted by Gasteiger charge is -2.18. The Morgan fingerprint density at radius 1 is 1.39 bits per heavy atom. The van der Waals surface area contributed by atoms with Gasteiger partial charge in [-0.2, -0.15) is 5.26 Å². The number of nitrogens with zero attached hydrogens (tertiary/aromatic N) is 4. The van der Waals surface area contributed by atoms with Crippen LogP contribution in [-0.4, -0.2) is 17.0 Å². The average Bonchev–Trinajstić information content (AvgIpc) is 2.39.